The molecule has 10 heteroatoms. The molecule has 178 valence electrons. The van der Waals surface area contributed by atoms with Gasteiger partial charge in [0.15, 0.2) is 18.1 Å². The molecule has 1 aliphatic rings. The van der Waals surface area contributed by atoms with Crippen molar-refractivity contribution < 1.29 is 27.5 Å². The van der Waals surface area contributed by atoms with E-state index in [2.05, 4.69) is 5.32 Å². The maximum absolute atomic E-state index is 13.1. The third kappa shape index (κ3) is 5.82. The zero-order valence-corrected chi connectivity index (χ0v) is 19.8. The van der Waals surface area contributed by atoms with E-state index >= 15 is 0 Å². The van der Waals surface area contributed by atoms with Crippen molar-refractivity contribution in [3.05, 3.63) is 47.5 Å². The van der Waals surface area contributed by atoms with Crippen LogP contribution >= 0.6 is 0 Å². The third-order valence-electron chi connectivity index (χ3n) is 5.57. The molecule has 0 atom stereocenters. The van der Waals surface area contributed by atoms with Crippen LogP contribution in [0.5, 0.6) is 11.5 Å². The fourth-order valence-corrected chi connectivity index (χ4v) is 5.52. The molecule has 1 heterocycles. The molecule has 2 amide bonds. The number of primary amides is 1. The smallest absolute Gasteiger partial charge is 0.255 e. The first kappa shape index (κ1) is 24.5. The number of nitrogens with zero attached hydrogens (tertiary/aromatic N) is 1. The predicted octanol–water partition coefficient (Wildman–Crippen LogP) is 2.22. The number of carbonyl (C=O) groups is 2. The molecule has 0 aliphatic carbocycles. The zero-order chi connectivity index (χ0) is 24.2. The van der Waals surface area contributed by atoms with E-state index < -0.39 is 15.9 Å². The second-order valence-electron chi connectivity index (χ2n) is 8.06. The molecule has 1 fully saturated rings. The monoisotopic (exact) mass is 475 g/mol. The van der Waals surface area contributed by atoms with Gasteiger partial charge in [-0.1, -0.05) is 17.7 Å². The van der Waals surface area contributed by atoms with Gasteiger partial charge < -0.3 is 20.5 Å². The Kier molecular flexibility index (Phi) is 7.60. The van der Waals surface area contributed by atoms with E-state index in [0.29, 0.717) is 34.7 Å². The highest BCUT2D eigenvalue weighted by molar-refractivity contribution is 7.89. The van der Waals surface area contributed by atoms with Crippen molar-refractivity contribution in [2.24, 2.45) is 11.7 Å². The maximum Gasteiger partial charge on any atom is 0.255 e. The minimum atomic E-state index is -3.61. The summed E-state index contributed by atoms with van der Waals surface area (Å²) < 4.78 is 38.1. The van der Waals surface area contributed by atoms with E-state index in [0.717, 1.165) is 5.56 Å². The number of nitrogens with one attached hydrogen (secondary N) is 1. The number of aryl methyl sites for hydroxylation is 2. The Bertz CT molecular complexity index is 1140. The topological polar surface area (TPSA) is 128 Å². The number of piperidine rings is 1. The number of sulfonamides is 1. The Morgan fingerprint density at radius 2 is 1.79 bits per heavy atom. The number of benzene rings is 2. The number of carbonyl (C=O) groups excluding carboxylic acids is 2. The average molecular weight is 476 g/mol. The van der Waals surface area contributed by atoms with Gasteiger partial charge in [0.2, 0.25) is 15.9 Å². The number of rotatable bonds is 8. The molecule has 0 saturated carbocycles. The molecule has 33 heavy (non-hydrogen) atoms. The van der Waals surface area contributed by atoms with Crippen LogP contribution in [-0.2, 0) is 19.6 Å². The van der Waals surface area contributed by atoms with E-state index in [1.165, 1.54) is 11.4 Å². The number of hydrogen-bond donors (Lipinski definition) is 2. The molecule has 0 bridgehead atoms. The minimum Gasteiger partial charge on any atom is -0.493 e. The second-order valence-corrected chi connectivity index (χ2v) is 9.96. The van der Waals surface area contributed by atoms with Gasteiger partial charge >= 0.3 is 0 Å². The molecule has 2 aromatic rings. The number of ether oxygens (including phenoxy) is 2. The molecule has 9 nitrogen and oxygen atoms in total. The molecule has 0 unspecified atom stereocenters. The van der Waals surface area contributed by atoms with Crippen molar-refractivity contribution >= 4 is 27.5 Å². The highest BCUT2D eigenvalue weighted by Crippen LogP contribution is 2.31. The van der Waals surface area contributed by atoms with Crippen molar-refractivity contribution in [2.45, 2.75) is 31.6 Å². The molecule has 1 saturated heterocycles. The standard InChI is InChI=1S/C23H29N3O6S/c1-15-4-7-21(16(2)12-15)33(29,30)26-10-8-17(9-11-26)23(28)25-18-5-6-19(31-3)20(13-18)32-14-22(24)27/h4-7,12-13,17H,8-11,14H2,1-3H3,(H2,24,27)(H,25,28). The van der Waals surface area contributed by atoms with Gasteiger partial charge in [0.1, 0.15) is 0 Å². The lowest BCUT2D eigenvalue weighted by Crippen LogP contribution is -2.41. The van der Waals surface area contributed by atoms with Gasteiger partial charge in [-0.15, -0.1) is 0 Å². The lowest BCUT2D eigenvalue weighted by Gasteiger charge is -2.31. The summed E-state index contributed by atoms with van der Waals surface area (Å²) in [6, 6.07) is 10.1. The van der Waals surface area contributed by atoms with Crippen LogP contribution in [0.25, 0.3) is 0 Å². The summed E-state index contributed by atoms with van der Waals surface area (Å²) in [6.07, 6.45) is 0.828. The summed E-state index contributed by atoms with van der Waals surface area (Å²) >= 11 is 0. The van der Waals surface area contributed by atoms with Gasteiger partial charge in [-0.05, 0) is 50.5 Å². The Morgan fingerprint density at radius 3 is 2.39 bits per heavy atom. The van der Waals surface area contributed by atoms with Crippen molar-refractivity contribution in [1.29, 1.82) is 0 Å². The lowest BCUT2D eigenvalue weighted by molar-refractivity contribution is -0.121. The van der Waals surface area contributed by atoms with Gasteiger partial charge in [0.25, 0.3) is 5.91 Å². The fraction of sp³-hybridized carbons (Fsp3) is 0.391. The lowest BCUT2D eigenvalue weighted by atomic mass is 9.97. The largest absolute Gasteiger partial charge is 0.493 e. The number of methoxy groups -OCH3 is 1. The Hall–Kier alpha value is -3.11. The molecular weight excluding hydrogens is 446 g/mol. The van der Waals surface area contributed by atoms with E-state index in [-0.39, 0.29) is 37.3 Å². The van der Waals surface area contributed by atoms with E-state index in [4.69, 9.17) is 15.2 Å². The molecular formula is C23H29N3O6S. The molecule has 1 aliphatic heterocycles. The second kappa shape index (κ2) is 10.2. The van der Waals surface area contributed by atoms with Crippen LogP contribution < -0.4 is 20.5 Å². The van der Waals surface area contributed by atoms with Crippen LogP contribution in [0.2, 0.25) is 0 Å². The zero-order valence-electron chi connectivity index (χ0n) is 19.0. The molecule has 2 aromatic carbocycles. The number of hydrogen-bond acceptors (Lipinski definition) is 6. The minimum absolute atomic E-state index is 0.204. The number of nitrogens with two attached hydrogens (primary N) is 1. The Morgan fingerprint density at radius 1 is 1.09 bits per heavy atom. The Balaban J connectivity index is 1.63. The fourth-order valence-electron chi connectivity index (χ4n) is 3.85. The maximum atomic E-state index is 13.1. The third-order valence-corrected chi connectivity index (χ3v) is 7.63. The molecule has 0 spiro atoms. The normalized spacial score (nSPS) is 15.1. The first-order valence-electron chi connectivity index (χ1n) is 10.6. The summed E-state index contributed by atoms with van der Waals surface area (Å²) in [5.41, 5.74) is 7.31. The van der Waals surface area contributed by atoms with E-state index in [1.54, 1.807) is 37.3 Å². The van der Waals surface area contributed by atoms with Crippen LogP contribution in [0.15, 0.2) is 41.3 Å². The van der Waals surface area contributed by atoms with Gasteiger partial charge in [0, 0.05) is 30.8 Å². The van der Waals surface area contributed by atoms with Crippen LogP contribution in [0.1, 0.15) is 24.0 Å². The van der Waals surface area contributed by atoms with Crippen molar-refractivity contribution in [3.8, 4) is 11.5 Å². The molecule has 3 rings (SSSR count). The first-order chi connectivity index (χ1) is 15.6. The van der Waals surface area contributed by atoms with Crippen LogP contribution in [-0.4, -0.2) is 51.3 Å². The van der Waals surface area contributed by atoms with E-state index in [1.807, 2.05) is 13.0 Å². The molecule has 0 aromatic heterocycles. The number of amides is 2. The highest BCUT2D eigenvalue weighted by Gasteiger charge is 2.33. The first-order valence-corrected chi connectivity index (χ1v) is 12.0. The van der Waals surface area contributed by atoms with Crippen LogP contribution in [0, 0.1) is 19.8 Å². The van der Waals surface area contributed by atoms with Crippen molar-refractivity contribution in [1.82, 2.24) is 4.31 Å². The summed E-state index contributed by atoms with van der Waals surface area (Å²) in [5, 5.41) is 2.83. The average Bonchev–Trinajstić information content (AvgIpc) is 2.77. The van der Waals surface area contributed by atoms with Gasteiger partial charge in [-0.2, -0.15) is 4.31 Å². The SMILES string of the molecule is COc1ccc(NC(=O)C2CCN(S(=O)(=O)c3ccc(C)cc3C)CC2)cc1OCC(N)=O. The van der Waals surface area contributed by atoms with Crippen molar-refractivity contribution in [3.63, 3.8) is 0 Å². The molecule has 3 N–H and O–H groups in total. The number of anilines is 1. The van der Waals surface area contributed by atoms with Crippen molar-refractivity contribution in [2.75, 3.05) is 32.1 Å². The summed E-state index contributed by atoms with van der Waals surface area (Å²) in [7, 11) is -2.15. The quantitative estimate of drug-likeness (QED) is 0.603. The van der Waals surface area contributed by atoms with Crippen LogP contribution in [0.4, 0.5) is 5.69 Å². The van der Waals surface area contributed by atoms with Crippen LogP contribution in [0.3, 0.4) is 0 Å². The predicted molar refractivity (Wildman–Crippen MR) is 124 cm³/mol. The van der Waals surface area contributed by atoms with Gasteiger partial charge in [0.05, 0.1) is 12.0 Å². The summed E-state index contributed by atoms with van der Waals surface area (Å²) in [6.45, 7) is 3.92. The van der Waals surface area contributed by atoms with Gasteiger partial charge in [-0.3, -0.25) is 9.59 Å². The Labute approximate surface area is 193 Å². The van der Waals surface area contributed by atoms with Gasteiger partial charge in [-0.25, -0.2) is 8.42 Å². The summed E-state index contributed by atoms with van der Waals surface area (Å²) in [5.74, 6) is -0.478. The molecule has 0 radical (unpaired) electrons. The summed E-state index contributed by atoms with van der Waals surface area (Å²) in [4.78, 5) is 24.1. The van der Waals surface area contributed by atoms with E-state index in [9.17, 15) is 18.0 Å². The highest BCUT2D eigenvalue weighted by atomic mass is 32.2.